The molecule has 1 saturated heterocycles. The van der Waals surface area contributed by atoms with Crippen molar-refractivity contribution >= 4 is 27.5 Å². The highest BCUT2D eigenvalue weighted by Crippen LogP contribution is 2.22. The van der Waals surface area contributed by atoms with E-state index in [0.29, 0.717) is 11.7 Å². The number of pyridine rings is 1. The second kappa shape index (κ2) is 6.61. The molecule has 3 heterocycles. The van der Waals surface area contributed by atoms with E-state index in [1.54, 1.807) is 0 Å². The Morgan fingerprint density at radius 3 is 2.74 bits per heavy atom. The number of amides is 1. The van der Waals surface area contributed by atoms with Crippen molar-refractivity contribution in [3.05, 3.63) is 34.2 Å². The van der Waals surface area contributed by atoms with Crippen LogP contribution in [-0.2, 0) is 6.42 Å². The van der Waals surface area contributed by atoms with Gasteiger partial charge in [-0.3, -0.25) is 9.20 Å². The van der Waals surface area contributed by atoms with Crippen molar-refractivity contribution in [1.29, 1.82) is 0 Å². The van der Waals surface area contributed by atoms with Gasteiger partial charge in [0.25, 0.3) is 5.91 Å². The van der Waals surface area contributed by atoms with Gasteiger partial charge in [0, 0.05) is 23.8 Å². The number of carbonyl (C=O) groups excluding carboxylic acids is 1. The van der Waals surface area contributed by atoms with E-state index in [1.807, 2.05) is 41.6 Å². The molecule has 6 heteroatoms. The number of fused-ring (bicyclic) bond motifs is 1. The summed E-state index contributed by atoms with van der Waals surface area (Å²) in [4.78, 5) is 22.0. The van der Waals surface area contributed by atoms with Gasteiger partial charge in [0.2, 0.25) is 0 Å². The van der Waals surface area contributed by atoms with Crippen molar-refractivity contribution in [3.8, 4) is 0 Å². The van der Waals surface area contributed by atoms with Crippen LogP contribution in [0.5, 0.6) is 0 Å². The van der Waals surface area contributed by atoms with E-state index >= 15 is 0 Å². The maximum atomic E-state index is 13.1. The van der Waals surface area contributed by atoms with Gasteiger partial charge in [0.05, 0.1) is 5.69 Å². The largest absolute Gasteiger partial charge is 0.337 e. The first-order chi connectivity index (χ1) is 11.0. The number of imidazole rings is 1. The minimum atomic E-state index is 0.0713. The number of nitrogens with zero attached hydrogens (tertiary/aromatic N) is 4. The van der Waals surface area contributed by atoms with Gasteiger partial charge in [-0.1, -0.05) is 6.92 Å². The Morgan fingerprint density at radius 2 is 2.09 bits per heavy atom. The third-order valence-corrected chi connectivity index (χ3v) is 5.22. The molecule has 23 heavy (non-hydrogen) atoms. The van der Waals surface area contributed by atoms with E-state index in [9.17, 15) is 4.79 Å². The van der Waals surface area contributed by atoms with Gasteiger partial charge in [0.1, 0.15) is 11.3 Å². The third-order valence-electron chi connectivity index (χ3n) is 4.75. The first-order valence-corrected chi connectivity index (χ1v) is 8.92. The Labute approximate surface area is 145 Å². The fraction of sp³-hybridized carbons (Fsp3) is 0.529. The van der Waals surface area contributed by atoms with Crippen LogP contribution >= 0.6 is 15.9 Å². The van der Waals surface area contributed by atoms with Crippen LogP contribution in [0.4, 0.5) is 0 Å². The van der Waals surface area contributed by atoms with Gasteiger partial charge in [-0.15, -0.1) is 0 Å². The molecule has 0 N–H and O–H groups in total. The Bertz CT molecular complexity index is 719. The second-order valence-corrected chi connectivity index (χ2v) is 7.20. The quantitative estimate of drug-likeness (QED) is 0.824. The van der Waals surface area contributed by atoms with Crippen LogP contribution in [0.3, 0.4) is 0 Å². The molecule has 0 aromatic carbocycles. The smallest absolute Gasteiger partial charge is 0.272 e. The number of hydrogen-bond acceptors (Lipinski definition) is 3. The average molecular weight is 379 g/mol. The van der Waals surface area contributed by atoms with Crippen LogP contribution < -0.4 is 0 Å². The van der Waals surface area contributed by atoms with Gasteiger partial charge >= 0.3 is 0 Å². The van der Waals surface area contributed by atoms with Crippen molar-refractivity contribution in [1.82, 2.24) is 19.2 Å². The second-order valence-electron chi connectivity index (χ2n) is 6.29. The van der Waals surface area contributed by atoms with Gasteiger partial charge in [0.15, 0.2) is 0 Å². The Morgan fingerprint density at radius 1 is 1.39 bits per heavy atom. The highest BCUT2D eigenvalue weighted by atomic mass is 79.9. The van der Waals surface area contributed by atoms with Crippen LogP contribution in [0, 0.1) is 0 Å². The lowest BCUT2D eigenvalue weighted by molar-refractivity contribution is 0.0651. The summed E-state index contributed by atoms with van der Waals surface area (Å²) in [6, 6.07) is 4.20. The number of aryl methyl sites for hydroxylation is 1. The van der Waals surface area contributed by atoms with Gasteiger partial charge in [-0.25, -0.2) is 4.98 Å². The lowest BCUT2D eigenvalue weighted by Gasteiger charge is -2.35. The predicted molar refractivity (Wildman–Crippen MR) is 94.9 cm³/mol. The van der Waals surface area contributed by atoms with E-state index in [2.05, 4.69) is 32.9 Å². The topological polar surface area (TPSA) is 40.9 Å². The number of aromatic nitrogens is 2. The van der Waals surface area contributed by atoms with E-state index in [1.165, 1.54) is 0 Å². The Hall–Kier alpha value is -1.40. The van der Waals surface area contributed by atoms with E-state index in [-0.39, 0.29) is 5.91 Å². The predicted octanol–water partition coefficient (Wildman–Crippen LogP) is 2.83. The maximum Gasteiger partial charge on any atom is 0.272 e. The Balaban J connectivity index is 1.95. The molecule has 124 valence electrons. The van der Waals surface area contributed by atoms with E-state index in [0.717, 1.165) is 48.2 Å². The number of halogens is 1. The number of carbonyl (C=O) groups is 1. The van der Waals surface area contributed by atoms with Crippen molar-refractivity contribution < 1.29 is 4.79 Å². The van der Waals surface area contributed by atoms with Crippen molar-refractivity contribution in [2.75, 3.05) is 27.2 Å². The molecule has 2 aromatic rings. The molecule has 5 nitrogen and oxygen atoms in total. The van der Waals surface area contributed by atoms with Crippen molar-refractivity contribution in [2.24, 2.45) is 0 Å². The van der Waals surface area contributed by atoms with Crippen LogP contribution in [0.25, 0.3) is 5.65 Å². The summed E-state index contributed by atoms with van der Waals surface area (Å²) in [6.45, 7) is 4.13. The fourth-order valence-corrected chi connectivity index (χ4v) is 3.59. The van der Waals surface area contributed by atoms with Gasteiger partial charge in [-0.2, -0.15) is 0 Å². The molecular weight excluding hydrogens is 356 g/mol. The zero-order chi connectivity index (χ0) is 16.6. The monoisotopic (exact) mass is 378 g/mol. The number of likely N-dealkylation sites (tertiary alicyclic amines) is 1. The van der Waals surface area contributed by atoms with Crippen LogP contribution in [-0.4, -0.2) is 58.3 Å². The maximum absolute atomic E-state index is 13.1. The van der Waals surface area contributed by atoms with Crippen LogP contribution in [0.1, 0.15) is 35.9 Å². The molecule has 0 atom stereocenters. The molecule has 0 bridgehead atoms. The zero-order valence-corrected chi connectivity index (χ0v) is 15.5. The summed E-state index contributed by atoms with van der Waals surface area (Å²) in [6.07, 6.45) is 4.74. The summed E-state index contributed by atoms with van der Waals surface area (Å²) in [5.41, 5.74) is 2.39. The number of rotatable bonds is 3. The Kier molecular flexibility index (Phi) is 4.73. The molecule has 0 radical (unpaired) electrons. The highest BCUT2D eigenvalue weighted by Gasteiger charge is 2.28. The molecule has 1 fully saturated rings. The molecule has 0 saturated carbocycles. The highest BCUT2D eigenvalue weighted by molar-refractivity contribution is 9.10. The van der Waals surface area contributed by atoms with Crippen molar-refractivity contribution in [3.63, 3.8) is 0 Å². The summed E-state index contributed by atoms with van der Waals surface area (Å²) in [7, 11) is 4.06. The fourth-order valence-electron chi connectivity index (χ4n) is 3.26. The molecule has 1 amide bonds. The lowest BCUT2D eigenvalue weighted by atomic mass is 10.0. The molecule has 0 spiro atoms. The SMILES string of the molecule is CCc1nc2ccc(Br)cn2c1C(=O)N(C)C1CCN(C)CC1. The normalized spacial score (nSPS) is 16.9. The van der Waals surface area contributed by atoms with E-state index in [4.69, 9.17) is 0 Å². The summed E-state index contributed by atoms with van der Waals surface area (Å²) in [5.74, 6) is 0.0713. The molecular formula is C17H23BrN4O. The van der Waals surface area contributed by atoms with Gasteiger partial charge in [-0.05, 0) is 67.5 Å². The number of hydrogen-bond donors (Lipinski definition) is 0. The van der Waals surface area contributed by atoms with E-state index < -0.39 is 0 Å². The lowest BCUT2D eigenvalue weighted by Crippen LogP contribution is -2.44. The van der Waals surface area contributed by atoms with Crippen molar-refractivity contribution in [2.45, 2.75) is 32.2 Å². The van der Waals surface area contributed by atoms with Gasteiger partial charge < -0.3 is 9.80 Å². The standard InChI is InChI=1S/C17H23BrN4O/c1-4-14-16(22-11-12(18)5-6-15(22)19-14)17(23)21(3)13-7-9-20(2)10-8-13/h5-6,11,13H,4,7-10H2,1-3H3. The van der Waals surface area contributed by atoms with Crippen LogP contribution in [0.15, 0.2) is 22.8 Å². The first kappa shape index (κ1) is 16.5. The molecule has 3 rings (SSSR count). The minimum Gasteiger partial charge on any atom is -0.337 e. The summed E-state index contributed by atoms with van der Waals surface area (Å²) in [5, 5.41) is 0. The third kappa shape index (κ3) is 3.15. The summed E-state index contributed by atoms with van der Waals surface area (Å²) >= 11 is 3.49. The van der Waals surface area contributed by atoms with Crippen LogP contribution in [0.2, 0.25) is 0 Å². The molecule has 0 unspecified atom stereocenters. The minimum absolute atomic E-state index is 0.0713. The number of piperidine rings is 1. The first-order valence-electron chi connectivity index (χ1n) is 8.13. The summed E-state index contributed by atoms with van der Waals surface area (Å²) < 4.78 is 2.86. The zero-order valence-electron chi connectivity index (χ0n) is 13.9. The molecule has 1 aliphatic rings. The molecule has 0 aliphatic carbocycles. The average Bonchev–Trinajstić information content (AvgIpc) is 2.91. The molecule has 1 aliphatic heterocycles. The molecule has 2 aromatic heterocycles.